The van der Waals surface area contributed by atoms with Crippen molar-refractivity contribution < 1.29 is 0 Å². The van der Waals surface area contributed by atoms with Gasteiger partial charge in [-0.2, -0.15) is 0 Å². The minimum absolute atomic E-state index is 0.605. The lowest BCUT2D eigenvalue weighted by molar-refractivity contribution is -0.00115. The highest BCUT2D eigenvalue weighted by Crippen LogP contribution is 2.46. The quantitative estimate of drug-likeness (QED) is 0.897. The van der Waals surface area contributed by atoms with Gasteiger partial charge in [0.05, 0.1) is 0 Å². The molecule has 1 spiro atoms. The first-order valence-electron chi connectivity index (χ1n) is 9.85. The molecule has 3 rings (SSSR count). The lowest BCUT2D eigenvalue weighted by Gasteiger charge is -2.50. The Kier molecular flexibility index (Phi) is 5.88. The van der Waals surface area contributed by atoms with Crippen LogP contribution in [0.1, 0.15) is 62.4 Å². The van der Waals surface area contributed by atoms with Crippen LogP contribution in [0.2, 0.25) is 0 Å². The second-order valence-electron chi connectivity index (χ2n) is 7.96. The fourth-order valence-electron chi connectivity index (χ4n) is 4.83. The van der Waals surface area contributed by atoms with E-state index in [9.17, 15) is 0 Å². The molecule has 2 fully saturated rings. The van der Waals surface area contributed by atoms with Crippen LogP contribution < -0.4 is 5.32 Å². The predicted molar refractivity (Wildman–Crippen MR) is 99.0 cm³/mol. The van der Waals surface area contributed by atoms with Gasteiger partial charge in [0.25, 0.3) is 0 Å². The van der Waals surface area contributed by atoms with Crippen LogP contribution in [0, 0.1) is 25.2 Å². The van der Waals surface area contributed by atoms with Crippen molar-refractivity contribution in [2.45, 2.75) is 65.8 Å². The highest BCUT2D eigenvalue weighted by molar-refractivity contribution is 5.22. The second kappa shape index (κ2) is 7.92. The molecule has 3 heterocycles. The highest BCUT2D eigenvalue weighted by Gasteiger charge is 2.42. The predicted octanol–water partition coefficient (Wildman–Crippen LogP) is 3.48. The monoisotopic (exact) mass is 330 g/mol. The van der Waals surface area contributed by atoms with Gasteiger partial charge >= 0.3 is 0 Å². The molecule has 4 heteroatoms. The summed E-state index contributed by atoms with van der Waals surface area (Å²) in [6.45, 7) is 12.5. The third-order valence-electron chi connectivity index (χ3n) is 6.53. The van der Waals surface area contributed by atoms with Crippen LogP contribution in [0.4, 0.5) is 0 Å². The van der Waals surface area contributed by atoms with Gasteiger partial charge in [0.1, 0.15) is 6.33 Å². The topological polar surface area (TPSA) is 41.1 Å². The summed E-state index contributed by atoms with van der Waals surface area (Å²) in [5.74, 6) is 0.860. The highest BCUT2D eigenvalue weighted by atomic mass is 15.1. The van der Waals surface area contributed by atoms with E-state index in [1.165, 1.54) is 70.3 Å². The van der Waals surface area contributed by atoms with Crippen molar-refractivity contribution in [1.29, 1.82) is 0 Å². The minimum atomic E-state index is 0.605. The van der Waals surface area contributed by atoms with Crippen molar-refractivity contribution in [2.24, 2.45) is 11.3 Å². The van der Waals surface area contributed by atoms with E-state index in [-0.39, 0.29) is 0 Å². The van der Waals surface area contributed by atoms with E-state index in [0.717, 1.165) is 23.9 Å². The fraction of sp³-hybridized carbons (Fsp3) is 0.800. The van der Waals surface area contributed by atoms with Crippen molar-refractivity contribution >= 4 is 0 Å². The maximum Gasteiger partial charge on any atom is 0.115 e. The zero-order valence-electron chi connectivity index (χ0n) is 15.8. The third kappa shape index (κ3) is 3.80. The molecule has 0 bridgehead atoms. The molecular formula is C20H34N4. The van der Waals surface area contributed by atoms with E-state index >= 15 is 0 Å². The molecule has 0 amide bonds. The second-order valence-corrected chi connectivity index (χ2v) is 7.96. The van der Waals surface area contributed by atoms with Gasteiger partial charge < -0.3 is 5.32 Å². The average Bonchev–Trinajstić information content (AvgIpc) is 2.59. The molecule has 2 aliphatic rings. The Morgan fingerprint density at radius 3 is 2.54 bits per heavy atom. The molecule has 2 saturated heterocycles. The molecular weight excluding hydrogens is 296 g/mol. The van der Waals surface area contributed by atoms with Gasteiger partial charge in [-0.3, -0.25) is 4.90 Å². The van der Waals surface area contributed by atoms with Gasteiger partial charge in [0, 0.05) is 30.0 Å². The van der Waals surface area contributed by atoms with Crippen LogP contribution in [0.15, 0.2) is 6.33 Å². The normalized spacial score (nSPS) is 24.4. The fourth-order valence-corrected chi connectivity index (χ4v) is 4.83. The number of aromatic nitrogens is 2. The zero-order chi connectivity index (χ0) is 17.0. The number of aryl methyl sites for hydroxylation is 2. The van der Waals surface area contributed by atoms with Gasteiger partial charge in [0.2, 0.25) is 0 Å². The molecule has 4 nitrogen and oxygen atoms in total. The SMILES string of the molecule is CCCCC1CN(Cc2c(C)ncnc2C)CCC12CCNCC2. The van der Waals surface area contributed by atoms with Gasteiger partial charge in [-0.1, -0.05) is 19.8 Å². The minimum Gasteiger partial charge on any atom is -0.317 e. The van der Waals surface area contributed by atoms with Gasteiger partial charge in [0.15, 0.2) is 0 Å². The summed E-state index contributed by atoms with van der Waals surface area (Å²) in [5, 5.41) is 3.57. The van der Waals surface area contributed by atoms with E-state index in [1.54, 1.807) is 6.33 Å². The first-order chi connectivity index (χ1) is 11.6. The zero-order valence-corrected chi connectivity index (χ0v) is 15.8. The van der Waals surface area contributed by atoms with Crippen molar-refractivity contribution in [3.63, 3.8) is 0 Å². The Morgan fingerprint density at radius 2 is 1.88 bits per heavy atom. The Morgan fingerprint density at radius 1 is 1.17 bits per heavy atom. The van der Waals surface area contributed by atoms with E-state index in [1.807, 2.05) is 0 Å². The van der Waals surface area contributed by atoms with Crippen LogP contribution in [0.25, 0.3) is 0 Å². The van der Waals surface area contributed by atoms with Crippen molar-refractivity contribution in [3.8, 4) is 0 Å². The summed E-state index contributed by atoms with van der Waals surface area (Å²) in [6.07, 6.45) is 9.91. The van der Waals surface area contributed by atoms with E-state index < -0.39 is 0 Å². The Bertz CT molecular complexity index is 516. The number of hydrogen-bond donors (Lipinski definition) is 1. The smallest absolute Gasteiger partial charge is 0.115 e. The third-order valence-corrected chi connectivity index (χ3v) is 6.53. The number of likely N-dealkylation sites (tertiary alicyclic amines) is 1. The summed E-state index contributed by atoms with van der Waals surface area (Å²) < 4.78 is 0. The van der Waals surface area contributed by atoms with Gasteiger partial charge in [-0.15, -0.1) is 0 Å². The molecule has 134 valence electrons. The summed E-state index contributed by atoms with van der Waals surface area (Å²) in [4.78, 5) is 11.5. The lowest BCUT2D eigenvalue weighted by Crippen LogP contribution is -2.51. The number of rotatable bonds is 5. The molecule has 2 aliphatic heterocycles. The standard InChI is InChI=1S/C20H34N4/c1-4-5-6-18-13-24(12-9-20(18)7-10-21-11-8-20)14-19-16(2)22-15-23-17(19)3/h15,18,21H,4-14H2,1-3H3. The number of unbranched alkanes of at least 4 members (excludes halogenated alkanes) is 1. The lowest BCUT2D eigenvalue weighted by atomic mass is 9.63. The van der Waals surface area contributed by atoms with Crippen molar-refractivity contribution in [1.82, 2.24) is 20.2 Å². The molecule has 1 N–H and O–H groups in total. The number of nitrogens with zero attached hydrogens (tertiary/aromatic N) is 3. The molecule has 0 saturated carbocycles. The summed E-state index contributed by atoms with van der Waals surface area (Å²) in [7, 11) is 0. The van der Waals surface area contributed by atoms with Crippen LogP contribution in [0.3, 0.4) is 0 Å². The largest absolute Gasteiger partial charge is 0.317 e. The maximum absolute atomic E-state index is 4.41. The Labute approximate surface area is 147 Å². The van der Waals surface area contributed by atoms with Crippen LogP contribution >= 0.6 is 0 Å². The average molecular weight is 331 g/mol. The Balaban J connectivity index is 1.71. The van der Waals surface area contributed by atoms with Gasteiger partial charge in [-0.25, -0.2) is 9.97 Å². The van der Waals surface area contributed by atoms with Crippen LogP contribution in [-0.2, 0) is 6.54 Å². The Hall–Kier alpha value is -1.00. The van der Waals surface area contributed by atoms with Crippen molar-refractivity contribution in [3.05, 3.63) is 23.3 Å². The molecule has 1 aromatic heterocycles. The molecule has 0 aromatic carbocycles. The van der Waals surface area contributed by atoms with Crippen LogP contribution in [0.5, 0.6) is 0 Å². The summed E-state index contributed by atoms with van der Waals surface area (Å²) in [5.41, 5.74) is 4.24. The van der Waals surface area contributed by atoms with E-state index in [2.05, 4.69) is 41.0 Å². The van der Waals surface area contributed by atoms with E-state index in [4.69, 9.17) is 0 Å². The summed E-state index contributed by atoms with van der Waals surface area (Å²) >= 11 is 0. The van der Waals surface area contributed by atoms with Gasteiger partial charge in [-0.05, 0) is 70.5 Å². The number of nitrogens with one attached hydrogen (secondary N) is 1. The maximum atomic E-state index is 4.41. The molecule has 0 radical (unpaired) electrons. The van der Waals surface area contributed by atoms with Crippen LogP contribution in [-0.4, -0.2) is 41.0 Å². The molecule has 24 heavy (non-hydrogen) atoms. The first kappa shape index (κ1) is 17.8. The molecule has 1 unspecified atom stereocenters. The number of piperidine rings is 2. The van der Waals surface area contributed by atoms with Crippen molar-refractivity contribution in [2.75, 3.05) is 26.2 Å². The molecule has 1 atom stereocenters. The molecule has 1 aromatic rings. The van der Waals surface area contributed by atoms with E-state index in [0.29, 0.717) is 5.41 Å². The summed E-state index contributed by atoms with van der Waals surface area (Å²) in [6, 6.07) is 0. The molecule has 0 aliphatic carbocycles. The first-order valence-corrected chi connectivity index (χ1v) is 9.85. The number of hydrogen-bond acceptors (Lipinski definition) is 4.